The zero-order valence-corrected chi connectivity index (χ0v) is 16.5. The standard InChI is InChI=1S/C22H21F2N3O3/c1-15-25-17(14-30-19-4-2-3-16(23)11-19)12-22(28)27(15)18-5-6-21(20(24)13-18)26-7-9-29-10-8-26/h2-6,11-13H,7-10,14H2,1H3. The first-order valence-electron chi connectivity index (χ1n) is 9.62. The molecule has 4 rings (SSSR count). The molecular weight excluding hydrogens is 392 g/mol. The molecule has 1 aliphatic rings. The van der Waals surface area contributed by atoms with Crippen LogP contribution in [0.15, 0.2) is 53.3 Å². The van der Waals surface area contributed by atoms with Gasteiger partial charge in [-0.1, -0.05) is 6.07 Å². The lowest BCUT2D eigenvalue weighted by Crippen LogP contribution is -2.36. The third kappa shape index (κ3) is 4.33. The lowest BCUT2D eigenvalue weighted by Gasteiger charge is -2.29. The van der Waals surface area contributed by atoms with Crippen molar-refractivity contribution >= 4 is 5.69 Å². The number of morpholine rings is 1. The van der Waals surface area contributed by atoms with Crippen LogP contribution < -0.4 is 15.2 Å². The molecule has 0 spiro atoms. The van der Waals surface area contributed by atoms with E-state index < -0.39 is 11.6 Å². The van der Waals surface area contributed by atoms with Gasteiger partial charge in [-0.2, -0.15) is 0 Å². The molecule has 0 atom stereocenters. The Morgan fingerprint density at radius 3 is 2.60 bits per heavy atom. The van der Waals surface area contributed by atoms with Gasteiger partial charge >= 0.3 is 0 Å². The Morgan fingerprint density at radius 2 is 1.90 bits per heavy atom. The number of anilines is 1. The van der Waals surface area contributed by atoms with Crippen molar-refractivity contribution < 1.29 is 18.3 Å². The molecular formula is C22H21F2N3O3. The molecule has 0 unspecified atom stereocenters. The number of ether oxygens (including phenoxy) is 2. The fourth-order valence-electron chi connectivity index (χ4n) is 3.45. The number of hydrogen-bond donors (Lipinski definition) is 0. The molecule has 0 N–H and O–H groups in total. The Balaban J connectivity index is 1.56. The van der Waals surface area contributed by atoms with Crippen LogP contribution in [0.5, 0.6) is 5.75 Å². The second kappa shape index (κ2) is 8.62. The Labute approximate surface area is 172 Å². The van der Waals surface area contributed by atoms with Crippen LogP contribution in [0.1, 0.15) is 11.5 Å². The molecule has 2 heterocycles. The third-order valence-electron chi connectivity index (χ3n) is 4.86. The number of hydrogen-bond acceptors (Lipinski definition) is 5. The largest absolute Gasteiger partial charge is 0.487 e. The molecule has 6 nitrogen and oxygen atoms in total. The lowest BCUT2D eigenvalue weighted by atomic mass is 10.2. The number of halogens is 2. The Bertz CT molecular complexity index is 1110. The summed E-state index contributed by atoms with van der Waals surface area (Å²) in [6.07, 6.45) is 0. The number of nitrogens with zero attached hydrogens (tertiary/aromatic N) is 3. The second-order valence-electron chi connectivity index (χ2n) is 6.95. The van der Waals surface area contributed by atoms with Gasteiger partial charge in [-0.3, -0.25) is 9.36 Å². The number of aromatic nitrogens is 2. The van der Waals surface area contributed by atoms with Crippen LogP contribution in [0.2, 0.25) is 0 Å². The normalized spacial score (nSPS) is 14.0. The number of rotatable bonds is 5. The van der Waals surface area contributed by atoms with Crippen LogP contribution in [0.25, 0.3) is 5.69 Å². The van der Waals surface area contributed by atoms with Crippen molar-refractivity contribution in [3.05, 3.63) is 82.0 Å². The van der Waals surface area contributed by atoms with E-state index in [0.29, 0.717) is 54.9 Å². The molecule has 3 aromatic rings. The first kappa shape index (κ1) is 20.0. The molecule has 0 radical (unpaired) electrons. The number of aryl methyl sites for hydroxylation is 1. The van der Waals surface area contributed by atoms with E-state index in [1.54, 1.807) is 25.1 Å². The van der Waals surface area contributed by atoms with Crippen LogP contribution in [-0.2, 0) is 11.3 Å². The van der Waals surface area contributed by atoms with Gasteiger partial charge < -0.3 is 14.4 Å². The van der Waals surface area contributed by atoms with Crippen LogP contribution in [0.3, 0.4) is 0 Å². The predicted octanol–water partition coefficient (Wildman–Crippen LogP) is 3.23. The van der Waals surface area contributed by atoms with Crippen molar-refractivity contribution in [2.45, 2.75) is 13.5 Å². The molecule has 0 aliphatic carbocycles. The Morgan fingerprint density at radius 1 is 1.10 bits per heavy atom. The minimum atomic E-state index is -0.408. The molecule has 1 aliphatic heterocycles. The van der Waals surface area contributed by atoms with Crippen LogP contribution in [0.4, 0.5) is 14.5 Å². The Hall–Kier alpha value is -3.26. The van der Waals surface area contributed by atoms with Gasteiger partial charge in [0.1, 0.15) is 29.8 Å². The van der Waals surface area contributed by atoms with Crippen molar-refractivity contribution in [1.82, 2.24) is 9.55 Å². The van der Waals surface area contributed by atoms with Crippen LogP contribution >= 0.6 is 0 Å². The van der Waals surface area contributed by atoms with E-state index in [9.17, 15) is 13.6 Å². The summed E-state index contributed by atoms with van der Waals surface area (Å²) in [7, 11) is 0. The highest BCUT2D eigenvalue weighted by molar-refractivity contribution is 5.53. The van der Waals surface area contributed by atoms with Gasteiger partial charge in [0.25, 0.3) is 5.56 Å². The SMILES string of the molecule is Cc1nc(COc2cccc(F)c2)cc(=O)n1-c1ccc(N2CCOCC2)c(F)c1. The van der Waals surface area contributed by atoms with E-state index in [0.717, 1.165) is 0 Å². The van der Waals surface area contributed by atoms with E-state index in [4.69, 9.17) is 9.47 Å². The average molecular weight is 413 g/mol. The van der Waals surface area contributed by atoms with Crippen molar-refractivity contribution in [3.8, 4) is 11.4 Å². The molecule has 8 heteroatoms. The highest BCUT2D eigenvalue weighted by atomic mass is 19.1. The molecule has 1 fully saturated rings. The summed E-state index contributed by atoms with van der Waals surface area (Å²) in [5.41, 5.74) is 0.945. The lowest BCUT2D eigenvalue weighted by molar-refractivity contribution is 0.122. The highest BCUT2D eigenvalue weighted by Gasteiger charge is 2.17. The summed E-state index contributed by atoms with van der Waals surface area (Å²) in [4.78, 5) is 19.0. The maximum absolute atomic E-state index is 14.7. The molecule has 0 bridgehead atoms. The quantitative estimate of drug-likeness (QED) is 0.643. The maximum Gasteiger partial charge on any atom is 0.258 e. The van der Waals surface area contributed by atoms with E-state index in [2.05, 4.69) is 4.98 Å². The first-order valence-corrected chi connectivity index (χ1v) is 9.62. The Kier molecular flexibility index (Phi) is 5.76. The van der Waals surface area contributed by atoms with Crippen LogP contribution in [-0.4, -0.2) is 35.9 Å². The van der Waals surface area contributed by atoms with Crippen molar-refractivity contribution in [2.24, 2.45) is 0 Å². The summed E-state index contributed by atoms with van der Waals surface area (Å²) in [5.74, 6) is -0.0629. The molecule has 1 saturated heterocycles. The zero-order chi connectivity index (χ0) is 21.1. The van der Waals surface area contributed by atoms with Crippen molar-refractivity contribution in [2.75, 3.05) is 31.2 Å². The molecule has 0 amide bonds. The predicted molar refractivity (Wildman–Crippen MR) is 108 cm³/mol. The van der Waals surface area contributed by atoms with Gasteiger partial charge in [0, 0.05) is 31.3 Å². The summed E-state index contributed by atoms with van der Waals surface area (Å²) in [5, 5.41) is 0. The molecule has 30 heavy (non-hydrogen) atoms. The summed E-state index contributed by atoms with van der Waals surface area (Å²) in [6, 6.07) is 11.8. The van der Waals surface area contributed by atoms with Gasteiger partial charge in [-0.25, -0.2) is 13.8 Å². The average Bonchev–Trinajstić information content (AvgIpc) is 2.73. The molecule has 0 saturated carbocycles. The van der Waals surface area contributed by atoms with Gasteiger partial charge in [0.05, 0.1) is 30.3 Å². The smallest absolute Gasteiger partial charge is 0.258 e. The summed E-state index contributed by atoms with van der Waals surface area (Å²) >= 11 is 0. The molecule has 2 aromatic carbocycles. The fourth-order valence-corrected chi connectivity index (χ4v) is 3.45. The van der Waals surface area contributed by atoms with Gasteiger partial charge in [0.15, 0.2) is 0 Å². The monoisotopic (exact) mass is 413 g/mol. The van der Waals surface area contributed by atoms with Crippen LogP contribution in [0, 0.1) is 18.6 Å². The minimum Gasteiger partial charge on any atom is -0.487 e. The minimum absolute atomic E-state index is 0.0186. The number of benzene rings is 2. The van der Waals surface area contributed by atoms with Gasteiger partial charge in [-0.15, -0.1) is 0 Å². The van der Waals surface area contributed by atoms with E-state index in [1.165, 1.54) is 34.9 Å². The van der Waals surface area contributed by atoms with E-state index in [-0.39, 0.29) is 12.2 Å². The highest BCUT2D eigenvalue weighted by Crippen LogP contribution is 2.23. The summed E-state index contributed by atoms with van der Waals surface area (Å²) in [6.45, 7) is 4.05. The van der Waals surface area contributed by atoms with Crippen molar-refractivity contribution in [1.29, 1.82) is 0 Å². The maximum atomic E-state index is 14.7. The fraction of sp³-hybridized carbons (Fsp3) is 0.273. The topological polar surface area (TPSA) is 56.6 Å². The molecule has 156 valence electrons. The molecule has 1 aromatic heterocycles. The zero-order valence-electron chi connectivity index (χ0n) is 16.5. The van der Waals surface area contributed by atoms with Gasteiger partial charge in [-0.05, 0) is 31.2 Å². The first-order chi connectivity index (χ1) is 14.5. The van der Waals surface area contributed by atoms with E-state index in [1.807, 2.05) is 4.90 Å². The second-order valence-corrected chi connectivity index (χ2v) is 6.95. The van der Waals surface area contributed by atoms with Crippen molar-refractivity contribution in [3.63, 3.8) is 0 Å². The third-order valence-corrected chi connectivity index (χ3v) is 4.86. The van der Waals surface area contributed by atoms with E-state index >= 15 is 0 Å². The summed E-state index contributed by atoms with van der Waals surface area (Å²) < 4.78 is 40.1. The van der Waals surface area contributed by atoms with Gasteiger partial charge in [0.2, 0.25) is 0 Å².